The summed E-state index contributed by atoms with van der Waals surface area (Å²) in [5.74, 6) is 0. The maximum Gasteiger partial charge on any atom is 0.0595 e. The van der Waals surface area contributed by atoms with Gasteiger partial charge in [0, 0.05) is 18.4 Å². The highest BCUT2D eigenvalue weighted by atomic mass is 35.5. The Morgan fingerprint density at radius 3 is 2.65 bits per heavy atom. The fourth-order valence-corrected chi connectivity index (χ4v) is 2.60. The average molecular weight is 309 g/mol. The van der Waals surface area contributed by atoms with Crippen molar-refractivity contribution in [3.8, 4) is 0 Å². The van der Waals surface area contributed by atoms with Crippen LogP contribution in [-0.4, -0.2) is 11.5 Å². The third kappa shape index (κ3) is 3.72. The Morgan fingerprint density at radius 2 is 2.00 bits per heavy atom. The van der Waals surface area contributed by atoms with Crippen LogP contribution in [0, 0.1) is 6.92 Å². The van der Waals surface area contributed by atoms with Crippen molar-refractivity contribution in [3.05, 3.63) is 63.4 Å². The van der Waals surface area contributed by atoms with E-state index in [2.05, 4.69) is 24.1 Å². The Hall–Kier alpha value is -1.09. The minimum Gasteiger partial charge on any atom is -0.310 e. The van der Waals surface area contributed by atoms with Gasteiger partial charge >= 0.3 is 0 Å². The van der Waals surface area contributed by atoms with E-state index in [0.29, 0.717) is 10.0 Å². The average Bonchev–Trinajstić information content (AvgIpc) is 2.43. The molecule has 0 saturated carbocycles. The van der Waals surface area contributed by atoms with Crippen molar-refractivity contribution in [1.29, 1.82) is 0 Å². The summed E-state index contributed by atoms with van der Waals surface area (Å²) in [6.07, 6.45) is 4.61. The van der Waals surface area contributed by atoms with Gasteiger partial charge in [0.1, 0.15) is 0 Å². The number of benzene rings is 1. The van der Waals surface area contributed by atoms with Gasteiger partial charge in [-0.2, -0.15) is 0 Å². The van der Waals surface area contributed by atoms with E-state index >= 15 is 0 Å². The molecular weight excluding hydrogens is 291 g/mol. The molecule has 4 heteroatoms. The van der Waals surface area contributed by atoms with Crippen molar-refractivity contribution < 1.29 is 0 Å². The molecule has 0 aliphatic rings. The van der Waals surface area contributed by atoms with Gasteiger partial charge in [-0.05, 0) is 54.8 Å². The van der Waals surface area contributed by atoms with Crippen molar-refractivity contribution in [1.82, 2.24) is 10.3 Å². The van der Waals surface area contributed by atoms with Crippen molar-refractivity contribution >= 4 is 23.2 Å². The molecule has 0 bridgehead atoms. The lowest BCUT2D eigenvalue weighted by atomic mass is 9.97. The normalized spacial score (nSPS) is 12.4. The van der Waals surface area contributed by atoms with Crippen LogP contribution in [0.15, 0.2) is 36.7 Å². The Kier molecular flexibility index (Phi) is 5.41. The summed E-state index contributed by atoms with van der Waals surface area (Å²) in [4.78, 5) is 4.23. The smallest absolute Gasteiger partial charge is 0.0595 e. The number of hydrogen-bond acceptors (Lipinski definition) is 2. The van der Waals surface area contributed by atoms with E-state index in [9.17, 15) is 0 Å². The summed E-state index contributed by atoms with van der Waals surface area (Å²) in [6, 6.07) is 8.06. The molecule has 2 aromatic rings. The van der Waals surface area contributed by atoms with E-state index in [1.165, 1.54) is 11.1 Å². The number of rotatable bonds is 5. The van der Waals surface area contributed by atoms with E-state index in [0.717, 1.165) is 18.5 Å². The van der Waals surface area contributed by atoms with E-state index in [1.54, 1.807) is 0 Å². The van der Waals surface area contributed by atoms with Gasteiger partial charge in [-0.15, -0.1) is 0 Å². The molecule has 1 heterocycles. The summed E-state index contributed by atoms with van der Waals surface area (Å²) in [6.45, 7) is 5.12. The number of pyridine rings is 1. The lowest BCUT2D eigenvalue weighted by Gasteiger charge is -2.20. The zero-order valence-electron chi connectivity index (χ0n) is 11.7. The van der Waals surface area contributed by atoms with Crippen LogP contribution in [0.2, 0.25) is 10.0 Å². The van der Waals surface area contributed by atoms with Crippen molar-refractivity contribution in [2.75, 3.05) is 6.54 Å². The number of hydrogen-bond donors (Lipinski definition) is 1. The highest BCUT2D eigenvalue weighted by molar-refractivity contribution is 6.42. The summed E-state index contributed by atoms with van der Waals surface area (Å²) >= 11 is 12.0. The van der Waals surface area contributed by atoms with Gasteiger partial charge in [-0.1, -0.05) is 36.2 Å². The van der Waals surface area contributed by atoms with Crippen molar-refractivity contribution in [2.45, 2.75) is 26.3 Å². The third-order valence-corrected chi connectivity index (χ3v) is 4.07. The molecule has 1 unspecified atom stereocenters. The summed E-state index contributed by atoms with van der Waals surface area (Å²) in [7, 11) is 0. The Labute approximate surface area is 130 Å². The second kappa shape index (κ2) is 7.07. The number of nitrogens with zero attached hydrogens (tertiary/aromatic N) is 1. The molecule has 0 aliphatic carbocycles. The van der Waals surface area contributed by atoms with E-state index in [1.807, 2.05) is 36.7 Å². The Bertz CT molecular complexity index is 584. The highest BCUT2D eigenvalue weighted by Gasteiger charge is 2.14. The quantitative estimate of drug-likeness (QED) is 0.874. The van der Waals surface area contributed by atoms with Crippen molar-refractivity contribution in [3.63, 3.8) is 0 Å². The zero-order valence-corrected chi connectivity index (χ0v) is 13.2. The van der Waals surface area contributed by atoms with Gasteiger partial charge < -0.3 is 5.32 Å². The predicted octanol–water partition coefficient (Wildman–Crippen LogP) is 4.59. The maximum atomic E-state index is 6.09. The molecule has 106 valence electrons. The van der Waals surface area contributed by atoms with Crippen LogP contribution in [0.3, 0.4) is 0 Å². The fraction of sp³-hybridized carbons (Fsp3) is 0.312. The van der Waals surface area contributed by atoms with Crippen LogP contribution in [0.1, 0.15) is 29.7 Å². The predicted molar refractivity (Wildman–Crippen MR) is 85.6 cm³/mol. The molecule has 0 fully saturated rings. The van der Waals surface area contributed by atoms with Crippen LogP contribution in [-0.2, 0) is 6.42 Å². The molecule has 20 heavy (non-hydrogen) atoms. The molecule has 0 amide bonds. The molecule has 2 nitrogen and oxygen atoms in total. The van der Waals surface area contributed by atoms with Gasteiger partial charge in [0.2, 0.25) is 0 Å². The van der Waals surface area contributed by atoms with Crippen LogP contribution in [0.5, 0.6) is 0 Å². The zero-order chi connectivity index (χ0) is 14.5. The molecule has 0 spiro atoms. The molecule has 1 N–H and O–H groups in total. The second-order valence-corrected chi connectivity index (χ2v) is 5.61. The lowest BCUT2D eigenvalue weighted by Crippen LogP contribution is -2.23. The van der Waals surface area contributed by atoms with Crippen LogP contribution in [0.25, 0.3) is 0 Å². The molecule has 0 aliphatic heterocycles. The molecule has 2 rings (SSSR count). The van der Waals surface area contributed by atoms with Gasteiger partial charge in [-0.3, -0.25) is 4.98 Å². The molecule has 1 aromatic heterocycles. The number of likely N-dealkylation sites (N-methyl/N-ethyl adjacent to an activating group) is 1. The summed E-state index contributed by atoms with van der Waals surface area (Å²) in [5.41, 5.74) is 3.63. The standard InChI is InChI=1S/C16H18Cl2N2/c1-3-20-16(13-10-19-7-6-11(13)2)9-12-4-5-14(17)15(18)8-12/h4-8,10,16,20H,3,9H2,1-2H3. The highest BCUT2D eigenvalue weighted by Crippen LogP contribution is 2.26. The molecule has 1 atom stereocenters. The van der Waals surface area contributed by atoms with Gasteiger partial charge in [0.15, 0.2) is 0 Å². The first-order valence-corrected chi connectivity index (χ1v) is 7.45. The van der Waals surface area contributed by atoms with Crippen LogP contribution in [0.4, 0.5) is 0 Å². The second-order valence-electron chi connectivity index (χ2n) is 4.80. The van der Waals surface area contributed by atoms with Gasteiger partial charge in [-0.25, -0.2) is 0 Å². The van der Waals surface area contributed by atoms with Crippen LogP contribution >= 0.6 is 23.2 Å². The number of aryl methyl sites for hydroxylation is 1. The molecule has 0 radical (unpaired) electrons. The molecule has 0 saturated heterocycles. The third-order valence-electron chi connectivity index (χ3n) is 3.33. The van der Waals surface area contributed by atoms with E-state index in [4.69, 9.17) is 23.2 Å². The first-order valence-electron chi connectivity index (χ1n) is 6.69. The summed E-state index contributed by atoms with van der Waals surface area (Å²) < 4.78 is 0. The first kappa shape index (κ1) is 15.3. The molecular formula is C16H18Cl2N2. The Morgan fingerprint density at radius 1 is 1.20 bits per heavy atom. The number of aromatic nitrogens is 1. The van der Waals surface area contributed by atoms with Crippen LogP contribution < -0.4 is 5.32 Å². The monoisotopic (exact) mass is 308 g/mol. The van der Waals surface area contributed by atoms with Gasteiger partial charge in [0.25, 0.3) is 0 Å². The Balaban J connectivity index is 2.25. The minimum absolute atomic E-state index is 0.228. The van der Waals surface area contributed by atoms with Crippen molar-refractivity contribution in [2.24, 2.45) is 0 Å². The molecule has 1 aromatic carbocycles. The van der Waals surface area contributed by atoms with Gasteiger partial charge in [0.05, 0.1) is 10.0 Å². The van der Waals surface area contributed by atoms with E-state index < -0.39 is 0 Å². The van der Waals surface area contributed by atoms with E-state index in [-0.39, 0.29) is 6.04 Å². The fourth-order valence-electron chi connectivity index (χ4n) is 2.28. The minimum atomic E-state index is 0.228. The topological polar surface area (TPSA) is 24.9 Å². The number of nitrogens with one attached hydrogen (secondary N) is 1. The first-order chi connectivity index (χ1) is 9.61. The SMILES string of the molecule is CCNC(Cc1ccc(Cl)c(Cl)c1)c1cnccc1C. The lowest BCUT2D eigenvalue weighted by molar-refractivity contribution is 0.545. The maximum absolute atomic E-state index is 6.09. The largest absolute Gasteiger partial charge is 0.310 e. The summed E-state index contributed by atoms with van der Waals surface area (Å²) in [5, 5.41) is 4.70. The number of halogens is 2.